The van der Waals surface area contributed by atoms with Gasteiger partial charge < -0.3 is 9.84 Å². The minimum absolute atomic E-state index is 0. The van der Waals surface area contributed by atoms with Crippen LogP contribution >= 0.6 is 23.7 Å². The Morgan fingerprint density at radius 1 is 1.58 bits per heavy atom. The van der Waals surface area contributed by atoms with Crippen molar-refractivity contribution in [1.29, 1.82) is 0 Å². The molecule has 3 heterocycles. The van der Waals surface area contributed by atoms with Gasteiger partial charge in [0.1, 0.15) is 0 Å². The Morgan fingerprint density at radius 3 is 3.16 bits per heavy atom. The van der Waals surface area contributed by atoms with Crippen LogP contribution in [-0.2, 0) is 6.54 Å². The summed E-state index contributed by atoms with van der Waals surface area (Å²) in [6.07, 6.45) is 1.18. The van der Waals surface area contributed by atoms with E-state index in [1.807, 2.05) is 24.6 Å². The molecule has 0 amide bonds. The summed E-state index contributed by atoms with van der Waals surface area (Å²) in [5.41, 5.74) is 0. The normalized spacial score (nSPS) is 19.5. The smallest absolute Gasteiger partial charge is 0.241 e. The molecule has 5 nitrogen and oxygen atoms in total. The number of halogens is 1. The second-order valence-corrected chi connectivity index (χ2v) is 5.45. The monoisotopic (exact) mass is 300 g/mol. The van der Waals surface area contributed by atoms with E-state index in [1.54, 1.807) is 11.3 Å². The standard InChI is InChI=1S/C12H16N4OS.ClH/c1-13-9-4-5-16(7-9)8-11-14-12(15-17-11)10-3-2-6-18-10;/h2-3,6,9,13H,4-5,7-8H2,1H3;1H. The summed E-state index contributed by atoms with van der Waals surface area (Å²) in [6.45, 7) is 2.88. The van der Waals surface area contributed by atoms with Crippen molar-refractivity contribution < 1.29 is 4.52 Å². The maximum absolute atomic E-state index is 5.30. The Labute approximate surface area is 122 Å². The number of likely N-dealkylation sites (tertiary alicyclic amines) is 1. The summed E-state index contributed by atoms with van der Waals surface area (Å²) >= 11 is 1.63. The Bertz CT molecular complexity index is 502. The van der Waals surface area contributed by atoms with E-state index in [4.69, 9.17) is 4.52 Å². The molecule has 3 rings (SSSR count). The fraction of sp³-hybridized carbons (Fsp3) is 0.500. The molecule has 1 aliphatic heterocycles. The Kier molecular flexibility index (Phi) is 4.93. The fourth-order valence-electron chi connectivity index (χ4n) is 2.23. The van der Waals surface area contributed by atoms with Gasteiger partial charge in [0.2, 0.25) is 11.7 Å². The highest BCUT2D eigenvalue weighted by Crippen LogP contribution is 2.22. The van der Waals surface area contributed by atoms with Gasteiger partial charge in [-0.05, 0) is 24.9 Å². The summed E-state index contributed by atoms with van der Waals surface area (Å²) in [4.78, 5) is 7.83. The average molecular weight is 301 g/mol. The third-order valence-electron chi connectivity index (χ3n) is 3.25. The molecule has 1 atom stereocenters. The Hall–Kier alpha value is -0.950. The maximum atomic E-state index is 5.30. The lowest BCUT2D eigenvalue weighted by molar-refractivity contribution is 0.263. The third-order valence-corrected chi connectivity index (χ3v) is 4.11. The average Bonchev–Trinajstić information content (AvgIpc) is 3.10. The molecule has 2 aromatic rings. The van der Waals surface area contributed by atoms with Crippen LogP contribution in [0, 0.1) is 0 Å². The zero-order chi connectivity index (χ0) is 12.4. The molecular formula is C12H17ClN4OS. The zero-order valence-electron chi connectivity index (χ0n) is 10.7. The first-order valence-electron chi connectivity index (χ1n) is 6.11. The van der Waals surface area contributed by atoms with Gasteiger partial charge in [-0.2, -0.15) is 4.98 Å². The molecule has 0 spiro atoms. The molecule has 2 aromatic heterocycles. The van der Waals surface area contributed by atoms with Gasteiger partial charge >= 0.3 is 0 Å². The van der Waals surface area contributed by atoms with Crippen LogP contribution in [0.15, 0.2) is 22.0 Å². The SMILES string of the molecule is CNC1CCN(Cc2nc(-c3cccs3)no2)C1.Cl. The van der Waals surface area contributed by atoms with Crippen LogP contribution < -0.4 is 5.32 Å². The zero-order valence-corrected chi connectivity index (χ0v) is 12.3. The summed E-state index contributed by atoms with van der Waals surface area (Å²) in [6, 6.07) is 4.59. The number of likely N-dealkylation sites (N-methyl/N-ethyl adjacent to an activating group) is 1. The van der Waals surface area contributed by atoms with Gasteiger partial charge in [-0.25, -0.2) is 0 Å². The number of thiophene rings is 1. The van der Waals surface area contributed by atoms with Crippen molar-refractivity contribution in [2.75, 3.05) is 20.1 Å². The highest BCUT2D eigenvalue weighted by molar-refractivity contribution is 7.13. The Balaban J connectivity index is 0.00000133. The molecule has 0 saturated carbocycles. The lowest BCUT2D eigenvalue weighted by Crippen LogP contribution is -2.29. The molecule has 7 heteroatoms. The molecule has 1 saturated heterocycles. The van der Waals surface area contributed by atoms with Gasteiger partial charge in [0.05, 0.1) is 11.4 Å². The summed E-state index contributed by atoms with van der Waals surface area (Å²) in [5, 5.41) is 9.34. The molecule has 104 valence electrons. The number of rotatable bonds is 4. The van der Waals surface area contributed by atoms with Crippen LogP contribution in [0.25, 0.3) is 10.7 Å². The molecule has 0 bridgehead atoms. The van der Waals surface area contributed by atoms with E-state index in [9.17, 15) is 0 Å². The first-order valence-corrected chi connectivity index (χ1v) is 6.99. The van der Waals surface area contributed by atoms with Gasteiger partial charge in [0.15, 0.2) is 0 Å². The van der Waals surface area contributed by atoms with Crippen LogP contribution in [0.1, 0.15) is 12.3 Å². The van der Waals surface area contributed by atoms with Crippen molar-refractivity contribution in [2.45, 2.75) is 19.0 Å². The molecule has 1 fully saturated rings. The van der Waals surface area contributed by atoms with Crippen molar-refractivity contribution in [2.24, 2.45) is 0 Å². The van der Waals surface area contributed by atoms with Crippen molar-refractivity contribution in [3.63, 3.8) is 0 Å². The molecule has 1 N–H and O–H groups in total. The van der Waals surface area contributed by atoms with E-state index >= 15 is 0 Å². The van der Waals surface area contributed by atoms with E-state index in [-0.39, 0.29) is 12.4 Å². The van der Waals surface area contributed by atoms with E-state index < -0.39 is 0 Å². The molecular weight excluding hydrogens is 284 g/mol. The summed E-state index contributed by atoms with van der Waals surface area (Å²) in [7, 11) is 2.01. The van der Waals surface area contributed by atoms with Gasteiger partial charge in [-0.3, -0.25) is 4.90 Å². The first kappa shape index (κ1) is 14.5. The highest BCUT2D eigenvalue weighted by Gasteiger charge is 2.22. The predicted octanol–water partition coefficient (Wildman–Crippen LogP) is 2.01. The molecule has 1 unspecified atom stereocenters. The minimum Gasteiger partial charge on any atom is -0.338 e. The summed E-state index contributed by atoms with van der Waals surface area (Å²) in [5.74, 6) is 1.40. The molecule has 0 aromatic carbocycles. The van der Waals surface area contributed by atoms with Gasteiger partial charge in [-0.1, -0.05) is 11.2 Å². The quantitative estimate of drug-likeness (QED) is 0.936. The van der Waals surface area contributed by atoms with E-state index in [1.165, 1.54) is 6.42 Å². The van der Waals surface area contributed by atoms with Crippen molar-refractivity contribution in [3.05, 3.63) is 23.4 Å². The summed E-state index contributed by atoms with van der Waals surface area (Å²) < 4.78 is 5.30. The van der Waals surface area contributed by atoms with Crippen LogP contribution in [0.5, 0.6) is 0 Å². The maximum Gasteiger partial charge on any atom is 0.241 e. The second-order valence-electron chi connectivity index (χ2n) is 4.50. The van der Waals surface area contributed by atoms with Crippen LogP contribution in [0.2, 0.25) is 0 Å². The number of nitrogens with one attached hydrogen (secondary N) is 1. The van der Waals surface area contributed by atoms with Crippen LogP contribution in [-0.4, -0.2) is 41.2 Å². The number of aromatic nitrogens is 2. The second kappa shape index (κ2) is 6.47. The number of hydrogen-bond acceptors (Lipinski definition) is 6. The third kappa shape index (κ3) is 3.33. The lowest BCUT2D eigenvalue weighted by Gasteiger charge is -2.12. The van der Waals surface area contributed by atoms with Crippen LogP contribution in [0.3, 0.4) is 0 Å². The molecule has 19 heavy (non-hydrogen) atoms. The number of nitrogens with zero attached hydrogens (tertiary/aromatic N) is 3. The molecule has 1 aliphatic rings. The van der Waals surface area contributed by atoms with E-state index in [0.717, 1.165) is 24.5 Å². The fourth-order valence-corrected chi connectivity index (χ4v) is 2.88. The topological polar surface area (TPSA) is 54.2 Å². The Morgan fingerprint density at radius 2 is 2.47 bits per heavy atom. The largest absolute Gasteiger partial charge is 0.338 e. The minimum atomic E-state index is 0. The van der Waals surface area contributed by atoms with Crippen molar-refractivity contribution >= 4 is 23.7 Å². The van der Waals surface area contributed by atoms with Gasteiger partial charge in [-0.15, -0.1) is 23.7 Å². The van der Waals surface area contributed by atoms with E-state index in [0.29, 0.717) is 17.8 Å². The lowest BCUT2D eigenvalue weighted by atomic mass is 10.3. The molecule has 0 aliphatic carbocycles. The van der Waals surface area contributed by atoms with E-state index in [2.05, 4.69) is 20.4 Å². The highest BCUT2D eigenvalue weighted by atomic mass is 35.5. The van der Waals surface area contributed by atoms with Crippen molar-refractivity contribution in [1.82, 2.24) is 20.4 Å². The number of hydrogen-bond donors (Lipinski definition) is 1. The van der Waals surface area contributed by atoms with Gasteiger partial charge in [0.25, 0.3) is 0 Å². The first-order chi connectivity index (χ1) is 8.85. The van der Waals surface area contributed by atoms with Crippen molar-refractivity contribution in [3.8, 4) is 10.7 Å². The molecule has 0 radical (unpaired) electrons. The van der Waals surface area contributed by atoms with Crippen LogP contribution in [0.4, 0.5) is 0 Å². The van der Waals surface area contributed by atoms with Gasteiger partial charge in [0, 0.05) is 19.1 Å². The predicted molar refractivity (Wildman–Crippen MR) is 77.6 cm³/mol.